The second-order valence-electron chi connectivity index (χ2n) is 4.50. The van der Waals surface area contributed by atoms with Crippen molar-refractivity contribution in [2.24, 2.45) is 0 Å². The molecule has 1 atom stereocenters. The van der Waals surface area contributed by atoms with Crippen LogP contribution in [0, 0.1) is 0 Å². The highest BCUT2D eigenvalue weighted by Gasteiger charge is 2.30. The lowest BCUT2D eigenvalue weighted by Crippen LogP contribution is -2.32. The zero-order chi connectivity index (χ0) is 13.2. The number of nitrogens with one attached hydrogen (secondary N) is 1. The molecule has 8 heteroatoms. The molecule has 102 valence electrons. The number of anilines is 1. The minimum atomic E-state index is -2.82. The smallest absolute Gasteiger partial charge is 0.205 e. The molecule has 0 aromatic carbocycles. The molecule has 1 aliphatic heterocycles. The van der Waals surface area contributed by atoms with Crippen LogP contribution < -0.4 is 5.32 Å². The second-order valence-corrected chi connectivity index (χ2v) is 7.79. The minimum Gasteiger partial charge on any atom is -0.360 e. The lowest BCUT2D eigenvalue weighted by atomic mass is 10.2. The van der Waals surface area contributed by atoms with E-state index in [4.69, 9.17) is 0 Å². The molecule has 0 saturated carbocycles. The molecule has 1 aliphatic rings. The highest BCUT2D eigenvalue weighted by atomic mass is 32.2. The first-order chi connectivity index (χ1) is 8.50. The van der Waals surface area contributed by atoms with Crippen LogP contribution in [-0.4, -0.2) is 54.7 Å². The summed E-state index contributed by atoms with van der Waals surface area (Å²) in [5, 5.41) is 13.0. The van der Waals surface area contributed by atoms with E-state index in [1.54, 1.807) is 0 Å². The zero-order valence-electron chi connectivity index (χ0n) is 10.6. The van der Waals surface area contributed by atoms with Crippen molar-refractivity contribution in [2.45, 2.75) is 25.9 Å². The first kappa shape index (κ1) is 13.7. The molecule has 0 spiro atoms. The van der Waals surface area contributed by atoms with Crippen LogP contribution in [0.4, 0.5) is 5.13 Å². The molecule has 6 nitrogen and oxygen atoms in total. The van der Waals surface area contributed by atoms with Gasteiger partial charge in [-0.1, -0.05) is 11.3 Å². The van der Waals surface area contributed by atoms with Crippen LogP contribution in [0.3, 0.4) is 0 Å². The summed E-state index contributed by atoms with van der Waals surface area (Å²) in [6.07, 6.45) is 0.720. The van der Waals surface area contributed by atoms with Gasteiger partial charge in [0.15, 0.2) is 9.84 Å². The predicted molar refractivity (Wildman–Crippen MR) is 72.6 cm³/mol. The van der Waals surface area contributed by atoms with E-state index in [0.29, 0.717) is 12.3 Å². The largest absolute Gasteiger partial charge is 0.360 e. The summed E-state index contributed by atoms with van der Waals surface area (Å²) in [6.45, 7) is 3.49. The lowest BCUT2D eigenvalue weighted by Gasteiger charge is -2.21. The van der Waals surface area contributed by atoms with E-state index in [9.17, 15) is 8.42 Å². The van der Waals surface area contributed by atoms with Gasteiger partial charge in [0, 0.05) is 12.6 Å². The molecule has 1 unspecified atom stereocenters. The van der Waals surface area contributed by atoms with Gasteiger partial charge in [0.2, 0.25) is 5.13 Å². The summed E-state index contributed by atoms with van der Waals surface area (Å²) in [5.74, 6) is 0.573. The molecule has 1 fully saturated rings. The monoisotopic (exact) mass is 290 g/mol. The molecular formula is C10H18N4O2S2. The van der Waals surface area contributed by atoms with E-state index < -0.39 is 9.84 Å². The zero-order valence-corrected chi connectivity index (χ0v) is 12.2. The van der Waals surface area contributed by atoms with Crippen LogP contribution in [0.5, 0.6) is 0 Å². The molecule has 1 aromatic rings. The molecule has 0 amide bonds. The number of aromatic nitrogens is 2. The van der Waals surface area contributed by atoms with Crippen LogP contribution in [0.15, 0.2) is 0 Å². The van der Waals surface area contributed by atoms with E-state index in [1.807, 2.05) is 14.0 Å². The van der Waals surface area contributed by atoms with Crippen molar-refractivity contribution < 1.29 is 8.42 Å². The van der Waals surface area contributed by atoms with Gasteiger partial charge in [0.25, 0.3) is 0 Å². The number of hydrogen-bond acceptors (Lipinski definition) is 7. The van der Waals surface area contributed by atoms with Gasteiger partial charge in [-0.3, -0.25) is 4.90 Å². The summed E-state index contributed by atoms with van der Waals surface area (Å²) in [4.78, 5) is 2.06. The average Bonchev–Trinajstić information content (AvgIpc) is 2.86. The Bertz CT molecular complexity index is 500. The fourth-order valence-electron chi connectivity index (χ4n) is 2.01. The molecule has 0 aliphatic carbocycles. The van der Waals surface area contributed by atoms with Crippen molar-refractivity contribution in [1.82, 2.24) is 15.1 Å². The SMILES string of the molecule is CCNc1nnc(CN(C)C2CCS(=O)(=O)C2)s1. The van der Waals surface area contributed by atoms with Crippen molar-refractivity contribution in [3.05, 3.63) is 5.01 Å². The van der Waals surface area contributed by atoms with Crippen LogP contribution >= 0.6 is 11.3 Å². The van der Waals surface area contributed by atoms with Crippen LogP contribution in [0.2, 0.25) is 0 Å². The number of sulfone groups is 1. The number of hydrogen-bond donors (Lipinski definition) is 1. The van der Waals surface area contributed by atoms with Crippen molar-refractivity contribution in [3.63, 3.8) is 0 Å². The summed E-state index contributed by atoms with van der Waals surface area (Å²) in [5.41, 5.74) is 0. The summed E-state index contributed by atoms with van der Waals surface area (Å²) in [7, 11) is -0.879. The third kappa shape index (κ3) is 3.39. The van der Waals surface area contributed by atoms with Crippen LogP contribution in [-0.2, 0) is 16.4 Å². The van der Waals surface area contributed by atoms with Gasteiger partial charge in [0.1, 0.15) is 5.01 Å². The summed E-state index contributed by atoms with van der Waals surface area (Å²) < 4.78 is 22.9. The fraction of sp³-hybridized carbons (Fsp3) is 0.800. The highest BCUT2D eigenvalue weighted by molar-refractivity contribution is 7.91. The third-order valence-corrected chi connectivity index (χ3v) is 5.63. The molecule has 0 radical (unpaired) electrons. The molecule has 18 heavy (non-hydrogen) atoms. The normalized spacial score (nSPS) is 22.5. The van der Waals surface area contributed by atoms with E-state index in [2.05, 4.69) is 20.4 Å². The van der Waals surface area contributed by atoms with Crippen LogP contribution in [0.1, 0.15) is 18.4 Å². The topological polar surface area (TPSA) is 75.2 Å². The lowest BCUT2D eigenvalue weighted by molar-refractivity contribution is 0.253. The minimum absolute atomic E-state index is 0.112. The highest BCUT2D eigenvalue weighted by Crippen LogP contribution is 2.21. The Morgan fingerprint density at radius 1 is 1.50 bits per heavy atom. The summed E-state index contributed by atoms with van der Waals surface area (Å²) in [6, 6.07) is 0.112. The first-order valence-electron chi connectivity index (χ1n) is 5.97. The standard InChI is InChI=1S/C10H18N4O2S2/c1-3-11-10-13-12-9(17-10)6-14(2)8-4-5-18(15,16)7-8/h8H,3-7H2,1-2H3,(H,11,13). The molecule has 0 bridgehead atoms. The van der Waals surface area contributed by atoms with Gasteiger partial charge in [-0.2, -0.15) is 0 Å². The number of rotatable bonds is 5. The Morgan fingerprint density at radius 3 is 2.89 bits per heavy atom. The Labute approximate surface area is 111 Å². The van der Waals surface area contributed by atoms with Gasteiger partial charge >= 0.3 is 0 Å². The van der Waals surface area contributed by atoms with Crippen molar-refractivity contribution in [3.8, 4) is 0 Å². The summed E-state index contributed by atoms with van der Waals surface area (Å²) >= 11 is 1.52. The first-order valence-corrected chi connectivity index (χ1v) is 8.61. The third-order valence-electron chi connectivity index (χ3n) is 3.01. The molecule has 1 aromatic heterocycles. The number of nitrogens with zero attached hydrogens (tertiary/aromatic N) is 3. The van der Waals surface area contributed by atoms with Gasteiger partial charge in [-0.05, 0) is 20.4 Å². The quantitative estimate of drug-likeness (QED) is 0.855. The molecule has 1 N–H and O–H groups in total. The Kier molecular flexibility index (Phi) is 4.18. The second kappa shape index (κ2) is 5.50. The molecule has 2 heterocycles. The molecular weight excluding hydrogens is 272 g/mol. The van der Waals surface area contributed by atoms with Gasteiger partial charge < -0.3 is 5.32 Å². The maximum atomic E-state index is 11.4. The van der Waals surface area contributed by atoms with E-state index in [-0.39, 0.29) is 11.8 Å². The maximum Gasteiger partial charge on any atom is 0.205 e. The van der Waals surface area contributed by atoms with E-state index >= 15 is 0 Å². The van der Waals surface area contributed by atoms with Gasteiger partial charge in [-0.25, -0.2) is 8.42 Å². The van der Waals surface area contributed by atoms with Gasteiger partial charge in [-0.15, -0.1) is 10.2 Å². The Hall–Kier alpha value is -0.730. The van der Waals surface area contributed by atoms with Crippen molar-refractivity contribution >= 4 is 26.3 Å². The van der Waals surface area contributed by atoms with Crippen molar-refractivity contribution in [1.29, 1.82) is 0 Å². The van der Waals surface area contributed by atoms with Crippen LogP contribution in [0.25, 0.3) is 0 Å². The Morgan fingerprint density at radius 2 is 2.28 bits per heavy atom. The average molecular weight is 290 g/mol. The Balaban J connectivity index is 1.92. The maximum absolute atomic E-state index is 11.4. The fourth-order valence-corrected chi connectivity index (χ4v) is 4.68. The predicted octanol–water partition coefficient (Wildman–Crippen LogP) is 0.589. The van der Waals surface area contributed by atoms with Crippen molar-refractivity contribution in [2.75, 3.05) is 30.4 Å². The van der Waals surface area contributed by atoms with E-state index in [0.717, 1.165) is 23.1 Å². The molecule has 2 rings (SSSR count). The van der Waals surface area contributed by atoms with Gasteiger partial charge in [0.05, 0.1) is 18.1 Å². The van der Waals surface area contributed by atoms with E-state index in [1.165, 1.54) is 11.3 Å². The molecule has 1 saturated heterocycles.